The van der Waals surface area contributed by atoms with Crippen molar-refractivity contribution in [3.05, 3.63) is 85.1 Å². The molecule has 0 rings (SSSR count). The Morgan fingerprint density at radius 1 is 0.571 bits per heavy atom. The number of esters is 1. The van der Waals surface area contributed by atoms with Crippen molar-refractivity contribution in [3.8, 4) is 0 Å². The zero-order chi connectivity index (χ0) is 41.0. The van der Waals surface area contributed by atoms with Crippen LogP contribution in [0.15, 0.2) is 85.1 Å². The topological polar surface area (TPSA) is 95.9 Å². The van der Waals surface area contributed by atoms with Gasteiger partial charge in [0.15, 0.2) is 0 Å². The molecule has 0 aliphatic heterocycles. The first kappa shape index (κ1) is 53.0. The maximum Gasteiger partial charge on any atom is 0.306 e. The molecule has 0 radical (unpaired) electrons. The van der Waals surface area contributed by atoms with Crippen LogP contribution in [0.1, 0.15) is 194 Å². The molecule has 1 amide bonds. The van der Waals surface area contributed by atoms with Gasteiger partial charge in [-0.1, -0.05) is 196 Å². The zero-order valence-corrected chi connectivity index (χ0v) is 36.2. The number of ether oxygens (including phenoxy) is 1. The monoisotopic (exact) mass is 780 g/mol. The van der Waals surface area contributed by atoms with Crippen molar-refractivity contribution in [2.24, 2.45) is 0 Å². The van der Waals surface area contributed by atoms with Gasteiger partial charge in [-0.25, -0.2) is 0 Å². The van der Waals surface area contributed by atoms with Crippen molar-refractivity contribution < 1.29 is 24.5 Å². The summed E-state index contributed by atoms with van der Waals surface area (Å²) in [6.45, 7) is 6.24. The number of hydrogen-bond acceptors (Lipinski definition) is 5. The Hall–Kier alpha value is -2.96. The lowest BCUT2D eigenvalue weighted by molar-refractivity contribution is -0.150. The van der Waals surface area contributed by atoms with Gasteiger partial charge in [-0.05, 0) is 64.2 Å². The first-order chi connectivity index (χ1) is 27.5. The number of rotatable bonds is 39. The lowest BCUT2D eigenvalue weighted by atomic mass is 10.0. The third kappa shape index (κ3) is 37.9. The Balaban J connectivity index is 4.82. The van der Waals surface area contributed by atoms with Gasteiger partial charge in [0.1, 0.15) is 6.10 Å². The number of hydrogen-bond donors (Lipinski definition) is 3. The Kier molecular flexibility index (Phi) is 40.9. The number of aliphatic hydroxyl groups is 2. The van der Waals surface area contributed by atoms with E-state index in [1.165, 1.54) is 64.2 Å². The Morgan fingerprint density at radius 3 is 1.70 bits per heavy atom. The second-order valence-corrected chi connectivity index (χ2v) is 15.1. The highest BCUT2D eigenvalue weighted by Crippen LogP contribution is 2.15. The van der Waals surface area contributed by atoms with Gasteiger partial charge in [0.2, 0.25) is 5.91 Å². The molecular formula is C50H85NO5. The summed E-state index contributed by atoms with van der Waals surface area (Å²) >= 11 is 0. The maximum atomic E-state index is 13.1. The standard InChI is InChI=1S/C50H85NO5/c1-4-7-10-13-16-19-21-23-24-26-27-30-32-35-38-41-46(56-50(55)43-40-37-34-31-28-25-22-20-17-14-11-8-5-2)44-49(54)51-47(45-52)48(53)42-39-36-33-29-18-15-12-9-6-3/h8,11,14,16-17,19-20,22-24,27,30,35,38,46-48,52-53H,4-7,9-10,12-13,15,18,21,25-26,28-29,31-34,36-37,39-45H2,1-3H3,(H,51,54)/b11-8+,17-14+,19-16-,22-20-,24-23-,30-27-,38-35-. The molecule has 0 aromatic carbocycles. The molecule has 0 saturated heterocycles. The van der Waals surface area contributed by atoms with E-state index < -0.39 is 18.2 Å². The van der Waals surface area contributed by atoms with E-state index in [1.54, 1.807) is 0 Å². The first-order valence-corrected chi connectivity index (χ1v) is 22.8. The highest BCUT2D eigenvalue weighted by atomic mass is 16.5. The molecule has 6 nitrogen and oxygen atoms in total. The molecule has 0 bridgehead atoms. The summed E-state index contributed by atoms with van der Waals surface area (Å²) in [5.74, 6) is -0.611. The number of unbranched alkanes of at least 4 members (excludes halogenated alkanes) is 16. The number of allylic oxidation sites excluding steroid dienone is 13. The molecule has 0 aromatic rings. The number of amides is 1. The molecular weight excluding hydrogens is 695 g/mol. The van der Waals surface area contributed by atoms with Gasteiger partial charge >= 0.3 is 5.97 Å². The van der Waals surface area contributed by atoms with Crippen LogP contribution in [0.5, 0.6) is 0 Å². The van der Waals surface area contributed by atoms with Crippen LogP contribution in [0.3, 0.4) is 0 Å². The van der Waals surface area contributed by atoms with E-state index in [2.05, 4.69) is 99.0 Å². The molecule has 3 atom stereocenters. The largest absolute Gasteiger partial charge is 0.461 e. The third-order valence-corrected chi connectivity index (χ3v) is 9.77. The molecule has 0 heterocycles. The normalized spacial score (nSPS) is 14.2. The van der Waals surface area contributed by atoms with Gasteiger partial charge in [-0.3, -0.25) is 9.59 Å². The number of carbonyl (C=O) groups is 2. The smallest absolute Gasteiger partial charge is 0.306 e. The minimum atomic E-state index is -0.816. The minimum Gasteiger partial charge on any atom is -0.461 e. The lowest BCUT2D eigenvalue weighted by Gasteiger charge is -2.24. The fourth-order valence-electron chi connectivity index (χ4n) is 6.29. The van der Waals surface area contributed by atoms with Gasteiger partial charge in [-0.15, -0.1) is 0 Å². The van der Waals surface area contributed by atoms with Gasteiger partial charge < -0.3 is 20.3 Å². The summed E-state index contributed by atoms with van der Waals surface area (Å²) < 4.78 is 5.83. The molecule has 6 heteroatoms. The Morgan fingerprint density at radius 2 is 1.07 bits per heavy atom. The molecule has 0 aromatic heterocycles. The fourth-order valence-corrected chi connectivity index (χ4v) is 6.29. The van der Waals surface area contributed by atoms with E-state index in [0.717, 1.165) is 83.5 Å². The van der Waals surface area contributed by atoms with Crippen LogP contribution in [-0.2, 0) is 14.3 Å². The molecule has 3 N–H and O–H groups in total. The van der Waals surface area contributed by atoms with Crippen LogP contribution in [-0.4, -0.2) is 46.9 Å². The van der Waals surface area contributed by atoms with Crippen LogP contribution in [0.25, 0.3) is 0 Å². The van der Waals surface area contributed by atoms with Crippen molar-refractivity contribution in [1.29, 1.82) is 0 Å². The maximum absolute atomic E-state index is 13.1. The predicted octanol–water partition coefficient (Wildman–Crippen LogP) is 13.2. The van der Waals surface area contributed by atoms with Crippen molar-refractivity contribution in [1.82, 2.24) is 5.32 Å². The molecule has 0 fully saturated rings. The van der Waals surface area contributed by atoms with Crippen molar-refractivity contribution in [2.45, 2.75) is 212 Å². The first-order valence-electron chi connectivity index (χ1n) is 22.8. The van der Waals surface area contributed by atoms with Gasteiger partial charge in [0.05, 0.1) is 25.2 Å². The third-order valence-electron chi connectivity index (χ3n) is 9.77. The van der Waals surface area contributed by atoms with E-state index in [1.807, 2.05) is 12.2 Å². The molecule has 320 valence electrons. The van der Waals surface area contributed by atoms with E-state index in [4.69, 9.17) is 4.74 Å². The quantitative estimate of drug-likeness (QED) is 0.0250. The number of nitrogens with one attached hydrogen (secondary N) is 1. The predicted molar refractivity (Wildman–Crippen MR) is 241 cm³/mol. The second-order valence-electron chi connectivity index (χ2n) is 15.1. The molecule has 0 saturated carbocycles. The van der Waals surface area contributed by atoms with Crippen LogP contribution in [0.2, 0.25) is 0 Å². The fraction of sp³-hybridized carbons (Fsp3) is 0.680. The zero-order valence-electron chi connectivity index (χ0n) is 36.2. The van der Waals surface area contributed by atoms with Crippen molar-refractivity contribution in [3.63, 3.8) is 0 Å². The lowest BCUT2D eigenvalue weighted by Crippen LogP contribution is -2.46. The van der Waals surface area contributed by atoms with Crippen LogP contribution in [0.4, 0.5) is 0 Å². The summed E-state index contributed by atoms with van der Waals surface area (Å²) in [5.41, 5.74) is 0. The minimum absolute atomic E-state index is 0.0113. The Labute approximate surface area is 344 Å². The van der Waals surface area contributed by atoms with Gasteiger partial charge in [0.25, 0.3) is 0 Å². The summed E-state index contributed by atoms with van der Waals surface area (Å²) in [6.07, 6.45) is 55.1. The Bertz CT molecular complexity index is 1100. The summed E-state index contributed by atoms with van der Waals surface area (Å²) in [5, 5.41) is 23.5. The summed E-state index contributed by atoms with van der Waals surface area (Å²) in [7, 11) is 0. The highest BCUT2D eigenvalue weighted by Gasteiger charge is 2.23. The second kappa shape index (κ2) is 43.2. The van der Waals surface area contributed by atoms with E-state index >= 15 is 0 Å². The molecule has 0 aliphatic carbocycles. The molecule has 0 spiro atoms. The molecule has 56 heavy (non-hydrogen) atoms. The summed E-state index contributed by atoms with van der Waals surface area (Å²) in [4.78, 5) is 25.9. The van der Waals surface area contributed by atoms with Crippen LogP contribution >= 0.6 is 0 Å². The molecule has 3 unspecified atom stereocenters. The van der Waals surface area contributed by atoms with Crippen LogP contribution < -0.4 is 5.32 Å². The van der Waals surface area contributed by atoms with E-state index in [-0.39, 0.29) is 24.9 Å². The van der Waals surface area contributed by atoms with Gasteiger partial charge in [-0.2, -0.15) is 0 Å². The van der Waals surface area contributed by atoms with Crippen molar-refractivity contribution >= 4 is 11.9 Å². The van der Waals surface area contributed by atoms with Crippen LogP contribution in [0, 0.1) is 0 Å². The average Bonchev–Trinajstić information content (AvgIpc) is 3.19. The van der Waals surface area contributed by atoms with Crippen molar-refractivity contribution in [2.75, 3.05) is 6.61 Å². The SMILES string of the molecule is CC/C=C/C=C/C=C\CCCCCCCC(=O)OC(C/C=C\C/C=C\C/C=C\C/C=C\CCCCC)CC(=O)NC(CO)C(O)CCCCCCCCCCC. The number of carbonyl (C=O) groups excluding carboxylic acids is 2. The number of aliphatic hydroxyl groups excluding tert-OH is 2. The van der Waals surface area contributed by atoms with E-state index in [9.17, 15) is 19.8 Å². The van der Waals surface area contributed by atoms with E-state index in [0.29, 0.717) is 19.3 Å². The highest BCUT2D eigenvalue weighted by molar-refractivity contribution is 5.77. The van der Waals surface area contributed by atoms with Gasteiger partial charge in [0, 0.05) is 12.8 Å². The average molecular weight is 780 g/mol. The summed E-state index contributed by atoms with van der Waals surface area (Å²) in [6, 6.07) is -0.737. The molecule has 0 aliphatic rings.